The molecule has 0 spiro atoms. The third-order valence-electron chi connectivity index (χ3n) is 4.94. The van der Waals surface area contributed by atoms with Crippen LogP contribution in [0.5, 0.6) is 5.75 Å². The van der Waals surface area contributed by atoms with Crippen LogP contribution in [0.4, 0.5) is 19.4 Å². The Bertz CT molecular complexity index is 547. The Balaban J connectivity index is 1.78. The molecule has 0 heterocycles. The number of hydrogen-bond acceptors (Lipinski definition) is 1. The molecular weight excluding hydrogens is 359 g/mol. The van der Waals surface area contributed by atoms with Gasteiger partial charge in [-0.15, -0.1) is 0 Å². The molecule has 0 radical (unpaired) electrons. The van der Waals surface area contributed by atoms with Crippen molar-refractivity contribution in [2.45, 2.75) is 63.2 Å². The maximum atomic E-state index is 12.7. The highest BCUT2D eigenvalue weighted by Crippen LogP contribution is 3.02. The molecule has 0 N–H and O–H groups in total. The SMILES string of the molecule is CCCCC[C@H]1CC[C@H](COc2ccc(S(F)(F)(F)(F)F)cc2)CC1. The van der Waals surface area contributed by atoms with Crippen LogP contribution < -0.4 is 4.74 Å². The van der Waals surface area contributed by atoms with E-state index in [4.69, 9.17) is 4.74 Å². The zero-order chi connectivity index (χ0) is 18.6. The number of halogens is 5. The summed E-state index contributed by atoms with van der Waals surface area (Å²) in [6, 6.07) is 2.76. The van der Waals surface area contributed by atoms with Crippen molar-refractivity contribution in [2.24, 2.45) is 11.8 Å². The number of unbranched alkanes of at least 4 members (excludes halogenated alkanes) is 2. The van der Waals surface area contributed by atoms with Crippen LogP contribution in [0.15, 0.2) is 29.2 Å². The fourth-order valence-electron chi connectivity index (χ4n) is 3.38. The van der Waals surface area contributed by atoms with Gasteiger partial charge in [0.2, 0.25) is 0 Å². The minimum absolute atomic E-state index is 0.204. The molecule has 0 aromatic heterocycles. The van der Waals surface area contributed by atoms with Crippen molar-refractivity contribution >= 4 is 10.2 Å². The molecule has 25 heavy (non-hydrogen) atoms. The van der Waals surface area contributed by atoms with Crippen LogP contribution in [-0.2, 0) is 0 Å². The van der Waals surface area contributed by atoms with E-state index >= 15 is 0 Å². The average Bonchev–Trinajstić information content (AvgIpc) is 2.53. The average molecular weight is 386 g/mol. The van der Waals surface area contributed by atoms with Crippen LogP contribution in [0, 0.1) is 11.8 Å². The molecule has 0 unspecified atom stereocenters. The van der Waals surface area contributed by atoms with E-state index < -0.39 is 15.1 Å². The first-order valence-electron chi connectivity index (χ1n) is 8.95. The lowest BCUT2D eigenvalue weighted by Crippen LogP contribution is -2.20. The van der Waals surface area contributed by atoms with Crippen molar-refractivity contribution < 1.29 is 24.2 Å². The molecule has 1 fully saturated rings. The fourth-order valence-corrected chi connectivity index (χ4v) is 4.03. The predicted molar refractivity (Wildman–Crippen MR) is 92.9 cm³/mol. The molecule has 1 saturated carbocycles. The second-order valence-corrected chi connectivity index (χ2v) is 9.54. The summed E-state index contributed by atoms with van der Waals surface area (Å²) in [5, 5.41) is 0. The monoisotopic (exact) mass is 386 g/mol. The maximum absolute atomic E-state index is 12.7. The van der Waals surface area contributed by atoms with Crippen molar-refractivity contribution in [2.75, 3.05) is 6.61 Å². The molecule has 1 aromatic carbocycles. The lowest BCUT2D eigenvalue weighted by Gasteiger charge is -2.40. The van der Waals surface area contributed by atoms with Crippen molar-refractivity contribution in [3.8, 4) is 5.75 Å². The first-order valence-corrected chi connectivity index (χ1v) is 10.9. The highest BCUT2D eigenvalue weighted by Gasteiger charge is 2.65. The van der Waals surface area contributed by atoms with E-state index in [0.717, 1.165) is 30.9 Å². The molecule has 7 heteroatoms. The molecule has 0 saturated heterocycles. The van der Waals surface area contributed by atoms with Gasteiger partial charge in [-0.2, -0.15) is 0 Å². The number of hydrogen-bond donors (Lipinski definition) is 0. The summed E-state index contributed by atoms with van der Waals surface area (Å²) in [4.78, 5) is -1.88. The zero-order valence-corrected chi connectivity index (χ0v) is 15.4. The van der Waals surface area contributed by atoms with Crippen LogP contribution in [0.2, 0.25) is 0 Å². The zero-order valence-electron chi connectivity index (χ0n) is 14.5. The Hall–Kier alpha value is -0.980. The van der Waals surface area contributed by atoms with Gasteiger partial charge in [-0.05, 0) is 48.9 Å². The molecular formula is C18H27F5OS. The highest BCUT2D eigenvalue weighted by atomic mass is 32.5. The third kappa shape index (κ3) is 6.68. The second kappa shape index (κ2) is 6.97. The largest absolute Gasteiger partial charge is 0.493 e. The van der Waals surface area contributed by atoms with Gasteiger partial charge in [-0.25, -0.2) is 0 Å². The summed E-state index contributed by atoms with van der Waals surface area (Å²) in [5.41, 5.74) is 0. The van der Waals surface area contributed by atoms with Crippen LogP contribution >= 0.6 is 10.2 Å². The van der Waals surface area contributed by atoms with Gasteiger partial charge in [0.25, 0.3) is 0 Å². The minimum Gasteiger partial charge on any atom is -0.493 e. The lowest BCUT2D eigenvalue weighted by molar-refractivity contribution is 0.177. The summed E-state index contributed by atoms with van der Waals surface area (Å²) in [7, 11) is -9.59. The molecule has 1 aliphatic carbocycles. The van der Waals surface area contributed by atoms with Gasteiger partial charge < -0.3 is 4.74 Å². The second-order valence-electron chi connectivity index (χ2n) is 7.13. The Kier molecular flexibility index (Phi) is 5.67. The smallest absolute Gasteiger partial charge is 0.310 e. The van der Waals surface area contributed by atoms with Gasteiger partial charge in [0.05, 0.1) is 6.61 Å². The minimum atomic E-state index is -9.59. The van der Waals surface area contributed by atoms with Crippen LogP contribution in [0.25, 0.3) is 0 Å². The number of ether oxygens (including phenoxy) is 1. The number of benzene rings is 1. The molecule has 0 bridgehead atoms. The summed E-state index contributed by atoms with van der Waals surface area (Å²) in [6.07, 6.45) is 9.50. The quantitative estimate of drug-likeness (QED) is 0.324. The Labute approximate surface area is 146 Å². The van der Waals surface area contributed by atoms with Gasteiger partial charge >= 0.3 is 10.2 Å². The molecule has 0 amide bonds. The Morgan fingerprint density at radius 1 is 0.880 bits per heavy atom. The van der Waals surface area contributed by atoms with E-state index in [2.05, 4.69) is 6.92 Å². The summed E-state index contributed by atoms with van der Waals surface area (Å²) >= 11 is 0. The lowest BCUT2D eigenvalue weighted by atomic mass is 9.80. The van der Waals surface area contributed by atoms with Gasteiger partial charge in [0.1, 0.15) is 10.6 Å². The molecule has 1 nitrogen and oxygen atoms in total. The van der Waals surface area contributed by atoms with E-state index in [0.29, 0.717) is 24.7 Å². The predicted octanol–water partition coefficient (Wildman–Crippen LogP) is 8.11. The van der Waals surface area contributed by atoms with Crippen LogP contribution in [-0.4, -0.2) is 6.61 Å². The highest BCUT2D eigenvalue weighted by molar-refractivity contribution is 8.45. The van der Waals surface area contributed by atoms with Gasteiger partial charge in [0, 0.05) is 0 Å². The van der Waals surface area contributed by atoms with E-state index in [1.54, 1.807) is 0 Å². The van der Waals surface area contributed by atoms with Gasteiger partial charge in [0.15, 0.2) is 0 Å². The molecule has 1 aromatic rings. The summed E-state index contributed by atoms with van der Waals surface area (Å²) in [5.74, 6) is 1.37. The summed E-state index contributed by atoms with van der Waals surface area (Å²) < 4.78 is 68.8. The van der Waals surface area contributed by atoms with Crippen LogP contribution in [0.1, 0.15) is 58.3 Å². The molecule has 0 aliphatic heterocycles. The summed E-state index contributed by atoms with van der Waals surface area (Å²) in [6.45, 7) is 2.62. The molecule has 2 rings (SSSR count). The first-order chi connectivity index (χ1) is 11.5. The van der Waals surface area contributed by atoms with E-state index in [1.807, 2.05) is 0 Å². The standard InChI is InChI=1S/C18H27F5OS/c1-2-3-4-5-15-6-8-16(9-7-15)14-24-17-10-12-18(13-11-17)25(19,20,21,22)23/h10-13,15-16H,2-9,14H2,1H3/t15-,16-. The van der Waals surface area contributed by atoms with E-state index in [9.17, 15) is 19.4 Å². The van der Waals surface area contributed by atoms with E-state index in [1.165, 1.54) is 38.5 Å². The Morgan fingerprint density at radius 3 is 1.96 bits per heavy atom. The van der Waals surface area contributed by atoms with Crippen molar-refractivity contribution in [3.63, 3.8) is 0 Å². The van der Waals surface area contributed by atoms with Crippen molar-refractivity contribution in [3.05, 3.63) is 24.3 Å². The van der Waals surface area contributed by atoms with Gasteiger partial charge in [-0.3, -0.25) is 0 Å². The van der Waals surface area contributed by atoms with E-state index in [-0.39, 0.29) is 5.75 Å². The molecule has 0 atom stereocenters. The maximum Gasteiger partial charge on any atom is 0.310 e. The first kappa shape index (κ1) is 20.3. The van der Waals surface area contributed by atoms with Crippen molar-refractivity contribution in [1.82, 2.24) is 0 Å². The molecule has 146 valence electrons. The molecule has 1 aliphatic rings. The normalized spacial score (nSPS) is 24.4. The van der Waals surface area contributed by atoms with Crippen LogP contribution in [0.3, 0.4) is 0 Å². The number of rotatable bonds is 8. The Morgan fingerprint density at radius 2 is 1.44 bits per heavy atom. The topological polar surface area (TPSA) is 9.23 Å². The fraction of sp³-hybridized carbons (Fsp3) is 0.667. The van der Waals surface area contributed by atoms with Crippen molar-refractivity contribution in [1.29, 1.82) is 0 Å². The van der Waals surface area contributed by atoms with Gasteiger partial charge in [-0.1, -0.05) is 64.9 Å². The third-order valence-corrected chi connectivity index (χ3v) is 6.10.